The van der Waals surface area contributed by atoms with Gasteiger partial charge in [-0.3, -0.25) is 9.78 Å². The minimum atomic E-state index is -4.39. The highest BCUT2D eigenvalue weighted by Gasteiger charge is 2.55. The van der Waals surface area contributed by atoms with E-state index in [1.54, 1.807) is 12.3 Å². The van der Waals surface area contributed by atoms with Crippen molar-refractivity contribution in [1.82, 2.24) is 10.3 Å². The van der Waals surface area contributed by atoms with Crippen LogP contribution in [0.15, 0.2) is 24.4 Å². The zero-order chi connectivity index (χ0) is 16.1. The number of hydrogen-bond donors (Lipinski definition) is 1. The van der Waals surface area contributed by atoms with E-state index in [-0.39, 0.29) is 18.6 Å². The van der Waals surface area contributed by atoms with E-state index in [9.17, 15) is 18.0 Å². The van der Waals surface area contributed by atoms with Crippen molar-refractivity contribution in [3.05, 3.63) is 30.1 Å². The van der Waals surface area contributed by atoms with E-state index in [1.165, 1.54) is 11.8 Å². The molecule has 2 rings (SSSR count). The van der Waals surface area contributed by atoms with Crippen molar-refractivity contribution in [2.75, 3.05) is 5.75 Å². The number of aromatic nitrogens is 1. The summed E-state index contributed by atoms with van der Waals surface area (Å²) in [5, 5.41) is 2.25. The van der Waals surface area contributed by atoms with E-state index >= 15 is 0 Å². The third-order valence-corrected chi connectivity index (χ3v) is 4.80. The largest absolute Gasteiger partial charge is 0.411 e. The third-order valence-electron chi connectivity index (χ3n) is 3.84. The van der Waals surface area contributed by atoms with Gasteiger partial charge in [0.2, 0.25) is 5.91 Å². The maximum Gasteiger partial charge on any atom is 0.411 e. The molecular formula is C15H19F3N2OS. The molecule has 0 bridgehead atoms. The third kappa shape index (κ3) is 4.38. The highest BCUT2D eigenvalue weighted by atomic mass is 32.2. The molecule has 0 spiro atoms. The number of thioether (sulfide) groups is 1. The van der Waals surface area contributed by atoms with Gasteiger partial charge in [-0.15, -0.1) is 11.8 Å². The molecule has 1 aromatic heterocycles. The van der Waals surface area contributed by atoms with Gasteiger partial charge in [0.15, 0.2) is 0 Å². The molecule has 22 heavy (non-hydrogen) atoms. The summed E-state index contributed by atoms with van der Waals surface area (Å²) in [5.41, 5.74) is -1.23. The van der Waals surface area contributed by atoms with Crippen molar-refractivity contribution in [2.24, 2.45) is 0 Å². The number of pyridine rings is 1. The van der Waals surface area contributed by atoms with E-state index in [0.29, 0.717) is 18.6 Å². The van der Waals surface area contributed by atoms with Gasteiger partial charge in [-0.25, -0.2) is 0 Å². The lowest BCUT2D eigenvalue weighted by Crippen LogP contribution is -2.60. The van der Waals surface area contributed by atoms with Crippen LogP contribution in [-0.4, -0.2) is 28.4 Å². The predicted molar refractivity (Wildman–Crippen MR) is 80.4 cm³/mol. The van der Waals surface area contributed by atoms with Gasteiger partial charge in [0.25, 0.3) is 0 Å². The Morgan fingerprint density at radius 1 is 1.27 bits per heavy atom. The average Bonchev–Trinajstić information content (AvgIpc) is 2.48. The molecule has 1 saturated carbocycles. The van der Waals surface area contributed by atoms with Gasteiger partial charge >= 0.3 is 6.18 Å². The molecular weight excluding hydrogens is 313 g/mol. The summed E-state index contributed by atoms with van der Waals surface area (Å²) in [5.74, 6) is -0.0399. The van der Waals surface area contributed by atoms with Crippen LogP contribution in [0.2, 0.25) is 0 Å². The first kappa shape index (κ1) is 17.1. The Bertz CT molecular complexity index is 487. The standard InChI is InChI=1S/C15H19F3N2OS/c16-15(17,18)14(7-3-1-4-8-14)20-13(21)11-22-10-12-6-2-5-9-19-12/h2,5-6,9H,1,3-4,7-8,10-11H2,(H,20,21). The van der Waals surface area contributed by atoms with Crippen LogP contribution in [0.25, 0.3) is 0 Å². The van der Waals surface area contributed by atoms with Gasteiger partial charge in [-0.1, -0.05) is 25.3 Å². The van der Waals surface area contributed by atoms with Gasteiger partial charge in [0.05, 0.1) is 11.4 Å². The summed E-state index contributed by atoms with van der Waals surface area (Å²) < 4.78 is 39.9. The molecule has 0 unspecified atom stereocenters. The van der Waals surface area contributed by atoms with Crippen molar-refractivity contribution in [2.45, 2.75) is 49.6 Å². The number of hydrogen-bond acceptors (Lipinski definition) is 3. The molecule has 1 aliphatic rings. The summed E-state index contributed by atoms with van der Waals surface area (Å²) in [6.45, 7) is 0. The molecule has 122 valence electrons. The van der Waals surface area contributed by atoms with Crippen LogP contribution < -0.4 is 5.32 Å². The predicted octanol–water partition coefficient (Wildman–Crippen LogP) is 3.70. The molecule has 1 fully saturated rings. The van der Waals surface area contributed by atoms with Crippen LogP contribution in [0.3, 0.4) is 0 Å². The Morgan fingerprint density at radius 2 is 2.00 bits per heavy atom. The molecule has 1 aromatic rings. The maximum atomic E-state index is 13.3. The number of nitrogens with one attached hydrogen (secondary N) is 1. The normalized spacial score (nSPS) is 18.0. The Kier molecular flexibility index (Phi) is 5.72. The molecule has 0 atom stereocenters. The van der Waals surface area contributed by atoms with Gasteiger partial charge in [-0.05, 0) is 25.0 Å². The number of carbonyl (C=O) groups excluding carboxylic acids is 1. The van der Waals surface area contributed by atoms with E-state index in [4.69, 9.17) is 0 Å². The number of alkyl halides is 3. The van der Waals surface area contributed by atoms with Crippen molar-refractivity contribution >= 4 is 17.7 Å². The minimum absolute atomic E-state index is 0.00834. The lowest BCUT2D eigenvalue weighted by molar-refractivity contribution is -0.206. The van der Waals surface area contributed by atoms with Crippen LogP contribution in [0.1, 0.15) is 37.8 Å². The van der Waals surface area contributed by atoms with Crippen LogP contribution in [0, 0.1) is 0 Å². The molecule has 3 nitrogen and oxygen atoms in total. The SMILES string of the molecule is O=C(CSCc1ccccn1)NC1(C(F)(F)F)CCCCC1. The van der Waals surface area contributed by atoms with Crippen molar-refractivity contribution in [1.29, 1.82) is 0 Å². The van der Waals surface area contributed by atoms with Crippen LogP contribution in [-0.2, 0) is 10.5 Å². The van der Waals surface area contributed by atoms with E-state index in [1.807, 2.05) is 12.1 Å². The average molecular weight is 332 g/mol. The Morgan fingerprint density at radius 3 is 2.59 bits per heavy atom. The number of rotatable bonds is 5. The Balaban J connectivity index is 1.86. The number of halogens is 3. The fourth-order valence-electron chi connectivity index (χ4n) is 2.67. The molecule has 7 heteroatoms. The van der Waals surface area contributed by atoms with E-state index in [2.05, 4.69) is 10.3 Å². The first-order chi connectivity index (χ1) is 10.4. The topological polar surface area (TPSA) is 42.0 Å². The number of amides is 1. The van der Waals surface area contributed by atoms with E-state index in [0.717, 1.165) is 12.1 Å². The Hall–Kier alpha value is -1.24. The van der Waals surface area contributed by atoms with Crippen molar-refractivity contribution in [3.8, 4) is 0 Å². The van der Waals surface area contributed by atoms with E-state index < -0.39 is 17.6 Å². The fourth-order valence-corrected chi connectivity index (χ4v) is 3.41. The van der Waals surface area contributed by atoms with Crippen molar-refractivity contribution in [3.63, 3.8) is 0 Å². The molecule has 0 radical (unpaired) electrons. The first-order valence-electron chi connectivity index (χ1n) is 7.28. The summed E-state index contributed by atoms with van der Waals surface area (Å²) >= 11 is 1.27. The Labute approximate surface area is 132 Å². The second-order valence-corrected chi connectivity index (χ2v) is 6.49. The quantitative estimate of drug-likeness (QED) is 0.894. The van der Waals surface area contributed by atoms with Gasteiger partial charge in [-0.2, -0.15) is 13.2 Å². The van der Waals surface area contributed by atoms with Crippen LogP contribution >= 0.6 is 11.8 Å². The summed E-state index contributed by atoms with van der Waals surface area (Å²) in [6, 6.07) is 5.45. The van der Waals surface area contributed by atoms with Crippen molar-refractivity contribution < 1.29 is 18.0 Å². The first-order valence-corrected chi connectivity index (χ1v) is 8.44. The van der Waals surface area contributed by atoms with Gasteiger partial charge in [0, 0.05) is 11.9 Å². The fraction of sp³-hybridized carbons (Fsp3) is 0.600. The molecule has 0 saturated heterocycles. The number of carbonyl (C=O) groups is 1. The van der Waals surface area contributed by atoms with Gasteiger partial charge < -0.3 is 5.32 Å². The summed E-state index contributed by atoms with van der Waals surface area (Å²) in [4.78, 5) is 16.0. The molecule has 0 aromatic carbocycles. The molecule has 1 amide bonds. The van der Waals surface area contributed by atoms with Gasteiger partial charge in [0.1, 0.15) is 5.54 Å². The second kappa shape index (κ2) is 7.35. The molecule has 1 N–H and O–H groups in total. The lowest BCUT2D eigenvalue weighted by Gasteiger charge is -2.39. The summed E-state index contributed by atoms with van der Waals surface area (Å²) in [6.07, 6.45) is -0.991. The minimum Gasteiger partial charge on any atom is -0.341 e. The highest BCUT2D eigenvalue weighted by Crippen LogP contribution is 2.41. The zero-order valence-electron chi connectivity index (χ0n) is 12.2. The maximum absolute atomic E-state index is 13.3. The molecule has 1 heterocycles. The smallest absolute Gasteiger partial charge is 0.341 e. The van der Waals surface area contributed by atoms with Crippen LogP contribution in [0.5, 0.6) is 0 Å². The van der Waals surface area contributed by atoms with Crippen LogP contribution in [0.4, 0.5) is 13.2 Å². The lowest BCUT2D eigenvalue weighted by atomic mass is 9.81. The monoisotopic (exact) mass is 332 g/mol. The summed E-state index contributed by atoms with van der Waals surface area (Å²) in [7, 11) is 0. The molecule has 0 aliphatic heterocycles. The second-order valence-electron chi connectivity index (χ2n) is 5.50. The highest BCUT2D eigenvalue weighted by molar-refractivity contribution is 7.99. The number of nitrogens with zero attached hydrogens (tertiary/aromatic N) is 1. The zero-order valence-corrected chi connectivity index (χ0v) is 13.0. The molecule has 1 aliphatic carbocycles.